The number of nitrogens with zero attached hydrogens (tertiary/aromatic N) is 1. The van der Waals surface area contributed by atoms with Crippen LogP contribution in [0.2, 0.25) is 0 Å². The molecule has 70 valence electrons. The molecule has 0 aromatic heterocycles. The standard InChI is InChI=1S/C7H7BrN2O3/c1-4-2-5(8)3-6(10(11)12)7(4)13-9/h2-3H,9H2,1H3. The third-order valence-corrected chi connectivity index (χ3v) is 1.99. The van der Waals surface area contributed by atoms with E-state index in [0.29, 0.717) is 10.0 Å². The summed E-state index contributed by atoms with van der Waals surface area (Å²) in [6.07, 6.45) is 0. The largest absolute Gasteiger partial charge is 0.404 e. The summed E-state index contributed by atoms with van der Waals surface area (Å²) in [6, 6.07) is 3.03. The molecule has 6 heteroatoms. The Balaban J connectivity index is 3.38. The Morgan fingerprint density at radius 3 is 2.69 bits per heavy atom. The quantitative estimate of drug-likeness (QED) is 0.639. The van der Waals surface area contributed by atoms with E-state index in [0.717, 1.165) is 0 Å². The summed E-state index contributed by atoms with van der Waals surface area (Å²) in [6.45, 7) is 1.68. The minimum atomic E-state index is -0.542. The van der Waals surface area contributed by atoms with E-state index in [2.05, 4.69) is 20.8 Å². The smallest absolute Gasteiger partial charge is 0.314 e. The monoisotopic (exact) mass is 246 g/mol. The first kappa shape index (κ1) is 9.94. The van der Waals surface area contributed by atoms with Crippen LogP contribution in [0.3, 0.4) is 0 Å². The molecule has 1 aromatic carbocycles. The molecule has 0 heterocycles. The minimum absolute atomic E-state index is 0.0909. The molecule has 0 bridgehead atoms. The van der Waals surface area contributed by atoms with Gasteiger partial charge in [0, 0.05) is 16.1 Å². The molecule has 1 rings (SSSR count). The van der Waals surface area contributed by atoms with Gasteiger partial charge in [0.2, 0.25) is 5.75 Å². The Labute approximate surface area is 82.7 Å². The molecule has 1 aromatic rings. The van der Waals surface area contributed by atoms with Gasteiger partial charge in [0.15, 0.2) is 0 Å². The molecule has 0 saturated carbocycles. The fourth-order valence-electron chi connectivity index (χ4n) is 1.00. The Morgan fingerprint density at radius 2 is 2.23 bits per heavy atom. The van der Waals surface area contributed by atoms with E-state index in [1.54, 1.807) is 13.0 Å². The number of aryl methyl sites for hydroxylation is 1. The van der Waals surface area contributed by atoms with Gasteiger partial charge < -0.3 is 4.84 Å². The molecule has 0 amide bonds. The maximum atomic E-state index is 10.5. The number of rotatable bonds is 2. The van der Waals surface area contributed by atoms with Crippen molar-refractivity contribution in [2.24, 2.45) is 5.90 Å². The maximum absolute atomic E-state index is 10.5. The number of benzene rings is 1. The van der Waals surface area contributed by atoms with Crippen molar-refractivity contribution >= 4 is 21.6 Å². The van der Waals surface area contributed by atoms with Gasteiger partial charge in [0.05, 0.1) is 4.92 Å². The number of nitro groups is 1. The van der Waals surface area contributed by atoms with Gasteiger partial charge in [-0.1, -0.05) is 15.9 Å². The highest BCUT2D eigenvalue weighted by molar-refractivity contribution is 9.10. The predicted molar refractivity (Wildman–Crippen MR) is 50.3 cm³/mol. The van der Waals surface area contributed by atoms with Crippen LogP contribution in [0.4, 0.5) is 5.69 Å². The van der Waals surface area contributed by atoms with Gasteiger partial charge in [-0.2, -0.15) is 5.90 Å². The van der Waals surface area contributed by atoms with Crippen molar-refractivity contribution in [3.8, 4) is 5.75 Å². The third kappa shape index (κ3) is 1.96. The van der Waals surface area contributed by atoms with Gasteiger partial charge in [-0.05, 0) is 13.0 Å². The molecule has 13 heavy (non-hydrogen) atoms. The second-order valence-electron chi connectivity index (χ2n) is 2.45. The van der Waals surface area contributed by atoms with Crippen molar-refractivity contribution in [3.05, 3.63) is 32.3 Å². The number of hydrogen-bond acceptors (Lipinski definition) is 4. The van der Waals surface area contributed by atoms with Crippen molar-refractivity contribution in [1.29, 1.82) is 0 Å². The van der Waals surface area contributed by atoms with E-state index in [-0.39, 0.29) is 11.4 Å². The number of nitro benzene ring substituents is 1. The molecule has 5 nitrogen and oxygen atoms in total. The van der Waals surface area contributed by atoms with Crippen LogP contribution in [0.5, 0.6) is 5.75 Å². The molecule has 0 atom stereocenters. The topological polar surface area (TPSA) is 78.4 Å². The zero-order valence-electron chi connectivity index (χ0n) is 6.78. The lowest BCUT2D eigenvalue weighted by atomic mass is 10.2. The molecule has 2 N–H and O–H groups in total. The van der Waals surface area contributed by atoms with Crippen LogP contribution < -0.4 is 10.7 Å². The fourth-order valence-corrected chi connectivity index (χ4v) is 1.56. The van der Waals surface area contributed by atoms with E-state index < -0.39 is 4.92 Å². The second kappa shape index (κ2) is 3.71. The van der Waals surface area contributed by atoms with Gasteiger partial charge in [-0.15, -0.1) is 0 Å². The first-order chi connectivity index (χ1) is 6.06. The Hall–Kier alpha value is -1.14. The van der Waals surface area contributed by atoms with Crippen LogP contribution in [0.15, 0.2) is 16.6 Å². The van der Waals surface area contributed by atoms with Gasteiger partial charge in [0.25, 0.3) is 0 Å². The normalized spacial score (nSPS) is 9.77. The maximum Gasteiger partial charge on any atom is 0.314 e. The summed E-state index contributed by atoms with van der Waals surface area (Å²) in [7, 11) is 0. The highest BCUT2D eigenvalue weighted by atomic mass is 79.9. The second-order valence-corrected chi connectivity index (χ2v) is 3.36. The highest BCUT2D eigenvalue weighted by Crippen LogP contribution is 2.33. The number of halogens is 1. The van der Waals surface area contributed by atoms with Crippen LogP contribution in [0, 0.1) is 17.0 Å². The van der Waals surface area contributed by atoms with Crippen molar-refractivity contribution < 1.29 is 9.76 Å². The van der Waals surface area contributed by atoms with Crippen LogP contribution in [0.25, 0.3) is 0 Å². The van der Waals surface area contributed by atoms with Gasteiger partial charge >= 0.3 is 5.69 Å². The molecule has 0 fully saturated rings. The summed E-state index contributed by atoms with van der Waals surface area (Å²) >= 11 is 3.14. The lowest BCUT2D eigenvalue weighted by Crippen LogP contribution is -2.06. The van der Waals surface area contributed by atoms with E-state index in [4.69, 9.17) is 5.90 Å². The molecule has 0 aliphatic heterocycles. The fraction of sp³-hybridized carbons (Fsp3) is 0.143. The molecular formula is C7H7BrN2O3. The number of nitrogens with two attached hydrogens (primary N) is 1. The average molecular weight is 247 g/mol. The van der Waals surface area contributed by atoms with E-state index in [9.17, 15) is 10.1 Å². The molecule has 0 saturated heterocycles. The lowest BCUT2D eigenvalue weighted by Gasteiger charge is -2.04. The first-order valence-corrected chi connectivity index (χ1v) is 4.17. The zero-order valence-corrected chi connectivity index (χ0v) is 8.37. The van der Waals surface area contributed by atoms with Crippen LogP contribution in [-0.4, -0.2) is 4.92 Å². The molecule has 0 spiro atoms. The molecule has 0 aliphatic carbocycles. The van der Waals surface area contributed by atoms with Crippen LogP contribution >= 0.6 is 15.9 Å². The molecule has 0 unspecified atom stereocenters. The van der Waals surface area contributed by atoms with Crippen LogP contribution in [-0.2, 0) is 0 Å². The molecular weight excluding hydrogens is 240 g/mol. The zero-order chi connectivity index (χ0) is 10.0. The Kier molecular flexibility index (Phi) is 2.84. The molecule has 0 radical (unpaired) electrons. The van der Waals surface area contributed by atoms with Gasteiger partial charge in [-0.25, -0.2) is 0 Å². The third-order valence-electron chi connectivity index (χ3n) is 1.53. The SMILES string of the molecule is Cc1cc(Br)cc([N+](=O)[O-])c1ON. The lowest BCUT2D eigenvalue weighted by molar-refractivity contribution is -0.386. The summed E-state index contributed by atoms with van der Waals surface area (Å²) in [5.74, 6) is 5.01. The van der Waals surface area contributed by atoms with Crippen molar-refractivity contribution in [2.45, 2.75) is 6.92 Å². The summed E-state index contributed by atoms with van der Waals surface area (Å²) in [5, 5.41) is 10.5. The van der Waals surface area contributed by atoms with E-state index >= 15 is 0 Å². The highest BCUT2D eigenvalue weighted by Gasteiger charge is 2.18. The van der Waals surface area contributed by atoms with E-state index in [1.165, 1.54) is 6.07 Å². The average Bonchev–Trinajstić information content (AvgIpc) is 2.02. The van der Waals surface area contributed by atoms with Crippen molar-refractivity contribution in [2.75, 3.05) is 0 Å². The number of hydrogen-bond donors (Lipinski definition) is 1. The summed E-state index contributed by atoms with van der Waals surface area (Å²) in [5.41, 5.74) is 0.470. The minimum Gasteiger partial charge on any atom is -0.404 e. The van der Waals surface area contributed by atoms with Crippen LogP contribution in [0.1, 0.15) is 5.56 Å². The van der Waals surface area contributed by atoms with Crippen molar-refractivity contribution in [3.63, 3.8) is 0 Å². The summed E-state index contributed by atoms with van der Waals surface area (Å²) < 4.78 is 0.623. The summed E-state index contributed by atoms with van der Waals surface area (Å²) in [4.78, 5) is 14.4. The Morgan fingerprint density at radius 1 is 1.62 bits per heavy atom. The Bertz CT molecular complexity index is 354. The predicted octanol–water partition coefficient (Wildman–Crippen LogP) is 1.92. The first-order valence-electron chi connectivity index (χ1n) is 3.37. The van der Waals surface area contributed by atoms with Gasteiger partial charge in [-0.3, -0.25) is 10.1 Å². The van der Waals surface area contributed by atoms with Gasteiger partial charge in [0.1, 0.15) is 0 Å². The molecule has 0 aliphatic rings. The van der Waals surface area contributed by atoms with E-state index in [1.807, 2.05) is 0 Å². The van der Waals surface area contributed by atoms with Crippen molar-refractivity contribution in [1.82, 2.24) is 0 Å².